The van der Waals surface area contributed by atoms with Crippen molar-refractivity contribution in [2.24, 2.45) is 4.47 Å². The number of nitrogens with one attached hydrogen (secondary N) is 1. The van der Waals surface area contributed by atoms with Gasteiger partial charge in [-0.15, -0.1) is 0 Å². The van der Waals surface area contributed by atoms with Crippen LogP contribution in [0.25, 0.3) is 0 Å². The standard InChI is InChI=1S/C6H6N2OS/c9-10-8-7-6-4-2-1-3-5-6/h1-5,7H. The predicted molar refractivity (Wildman–Crippen MR) is 40.6 cm³/mol. The Kier molecular flexibility index (Phi) is 2.63. The number of para-hydroxylation sites is 1. The van der Waals surface area contributed by atoms with Crippen LogP contribution in [0.3, 0.4) is 0 Å². The van der Waals surface area contributed by atoms with Crippen molar-refractivity contribution in [3.8, 4) is 0 Å². The van der Waals surface area contributed by atoms with Gasteiger partial charge in [0.1, 0.15) is 0 Å². The maximum absolute atomic E-state index is 9.79. The van der Waals surface area contributed by atoms with Gasteiger partial charge in [0.15, 0.2) is 0 Å². The van der Waals surface area contributed by atoms with E-state index in [1.807, 2.05) is 30.3 Å². The molecule has 0 aliphatic heterocycles. The van der Waals surface area contributed by atoms with Crippen molar-refractivity contribution in [1.29, 1.82) is 0 Å². The molecule has 0 spiro atoms. The Morgan fingerprint density at radius 1 is 1.30 bits per heavy atom. The monoisotopic (exact) mass is 154 g/mol. The lowest BCUT2D eigenvalue weighted by atomic mass is 10.3. The molecule has 1 N–H and O–H groups in total. The fourth-order valence-corrected chi connectivity index (χ4v) is 0.727. The third-order valence-electron chi connectivity index (χ3n) is 0.986. The lowest BCUT2D eigenvalue weighted by Gasteiger charge is -1.93. The molecule has 1 rings (SSSR count). The van der Waals surface area contributed by atoms with Gasteiger partial charge in [0.05, 0.1) is 5.69 Å². The first kappa shape index (κ1) is 6.95. The van der Waals surface area contributed by atoms with Crippen molar-refractivity contribution in [3.05, 3.63) is 30.3 Å². The zero-order chi connectivity index (χ0) is 7.23. The van der Waals surface area contributed by atoms with Gasteiger partial charge in [-0.1, -0.05) is 22.7 Å². The molecule has 1 aromatic rings. The number of rotatable bonds is 2. The van der Waals surface area contributed by atoms with Crippen molar-refractivity contribution in [3.63, 3.8) is 0 Å². The minimum Gasteiger partial charge on any atom is -0.265 e. The molecule has 52 valence electrons. The largest absolute Gasteiger partial charge is 0.265 e. The smallest absolute Gasteiger partial charge is 0.223 e. The Labute approximate surface area is 62.3 Å². The molecule has 10 heavy (non-hydrogen) atoms. The molecule has 0 radical (unpaired) electrons. The molecule has 0 unspecified atom stereocenters. The highest BCUT2D eigenvalue weighted by molar-refractivity contribution is 7.54. The van der Waals surface area contributed by atoms with Crippen LogP contribution in [0, 0.1) is 0 Å². The summed E-state index contributed by atoms with van der Waals surface area (Å²) in [6.07, 6.45) is 0. The molecule has 0 aliphatic carbocycles. The number of benzene rings is 1. The highest BCUT2D eigenvalue weighted by Gasteiger charge is 1.82. The summed E-state index contributed by atoms with van der Waals surface area (Å²) >= 11 is 0.160. The second kappa shape index (κ2) is 3.79. The zero-order valence-electron chi connectivity index (χ0n) is 5.15. The average Bonchev–Trinajstić information content (AvgIpc) is 2.03. The van der Waals surface area contributed by atoms with Gasteiger partial charge in [-0.05, 0) is 12.1 Å². The molecular formula is C6H6N2OS. The predicted octanol–water partition coefficient (Wildman–Crippen LogP) is 1.41. The van der Waals surface area contributed by atoms with E-state index in [0.717, 1.165) is 5.69 Å². The van der Waals surface area contributed by atoms with E-state index in [4.69, 9.17) is 0 Å². The van der Waals surface area contributed by atoms with Crippen molar-refractivity contribution < 1.29 is 4.21 Å². The fraction of sp³-hybridized carbons (Fsp3) is 0. The van der Waals surface area contributed by atoms with Gasteiger partial charge in [0, 0.05) is 0 Å². The molecule has 4 heteroatoms. The first-order chi connectivity index (χ1) is 4.93. The summed E-state index contributed by atoms with van der Waals surface area (Å²) in [5.74, 6) is 0. The Morgan fingerprint density at radius 2 is 2.00 bits per heavy atom. The summed E-state index contributed by atoms with van der Waals surface area (Å²) in [4.78, 5) is 0. The number of nitrogens with zero attached hydrogens (tertiary/aromatic N) is 1. The quantitative estimate of drug-likeness (QED) is 0.654. The third kappa shape index (κ3) is 1.99. The maximum atomic E-state index is 9.79. The summed E-state index contributed by atoms with van der Waals surface area (Å²) < 4.78 is 13.1. The molecule has 0 heterocycles. The first-order valence-corrected chi connectivity index (χ1v) is 3.43. The van der Waals surface area contributed by atoms with Crippen LogP contribution in [0.1, 0.15) is 0 Å². The molecule has 3 nitrogen and oxygen atoms in total. The number of hydrogen-bond acceptors (Lipinski definition) is 2. The van der Waals surface area contributed by atoms with E-state index < -0.39 is 0 Å². The minimum absolute atomic E-state index is 0.160. The second-order valence-electron chi connectivity index (χ2n) is 1.64. The van der Waals surface area contributed by atoms with Crippen molar-refractivity contribution in [2.45, 2.75) is 0 Å². The highest BCUT2D eigenvalue weighted by atomic mass is 32.1. The van der Waals surface area contributed by atoms with Crippen molar-refractivity contribution >= 4 is 17.2 Å². The molecule has 0 fully saturated rings. The van der Waals surface area contributed by atoms with E-state index in [9.17, 15) is 4.21 Å². The summed E-state index contributed by atoms with van der Waals surface area (Å²) in [5, 5.41) is 0. The van der Waals surface area contributed by atoms with Crippen LogP contribution in [0.2, 0.25) is 0 Å². The minimum atomic E-state index is 0.160. The van der Waals surface area contributed by atoms with Gasteiger partial charge >= 0.3 is 0 Å². The van der Waals surface area contributed by atoms with Crippen molar-refractivity contribution in [2.75, 3.05) is 5.43 Å². The third-order valence-corrected chi connectivity index (χ3v) is 1.15. The normalized spacial score (nSPS) is 8.40. The molecule has 0 saturated carbocycles. The highest BCUT2D eigenvalue weighted by Crippen LogP contribution is 2.03. The van der Waals surface area contributed by atoms with E-state index in [-0.39, 0.29) is 11.5 Å². The number of anilines is 1. The second-order valence-corrected chi connectivity index (χ2v) is 1.98. The Balaban J connectivity index is 2.67. The fourth-order valence-electron chi connectivity index (χ4n) is 0.584. The van der Waals surface area contributed by atoms with Crippen LogP contribution in [-0.4, -0.2) is 4.21 Å². The molecule has 1 aromatic carbocycles. The SMILES string of the molecule is O=S=NNc1ccccc1. The molecule has 0 atom stereocenters. The van der Waals surface area contributed by atoms with Crippen LogP contribution < -0.4 is 5.43 Å². The summed E-state index contributed by atoms with van der Waals surface area (Å²) in [7, 11) is 0. The lowest BCUT2D eigenvalue weighted by Crippen LogP contribution is -1.83. The van der Waals surface area contributed by atoms with E-state index in [2.05, 4.69) is 9.90 Å². The summed E-state index contributed by atoms with van der Waals surface area (Å²) in [6, 6.07) is 9.30. The Hall–Kier alpha value is -1.16. The van der Waals surface area contributed by atoms with Crippen LogP contribution in [-0.2, 0) is 11.5 Å². The molecule has 0 aliphatic rings. The van der Waals surface area contributed by atoms with Gasteiger partial charge in [-0.2, -0.15) is 4.21 Å². The van der Waals surface area contributed by atoms with Gasteiger partial charge in [-0.25, -0.2) is 0 Å². The molecule has 0 bridgehead atoms. The zero-order valence-corrected chi connectivity index (χ0v) is 5.97. The van der Waals surface area contributed by atoms with Crippen LogP contribution in [0.5, 0.6) is 0 Å². The molecule has 0 amide bonds. The van der Waals surface area contributed by atoms with Crippen LogP contribution in [0.15, 0.2) is 34.8 Å². The van der Waals surface area contributed by atoms with Crippen LogP contribution >= 0.6 is 0 Å². The lowest BCUT2D eigenvalue weighted by molar-refractivity contribution is 0.698. The van der Waals surface area contributed by atoms with Gasteiger partial charge in [0.25, 0.3) is 0 Å². The number of hydrogen-bond donors (Lipinski definition) is 1. The molecule has 0 aromatic heterocycles. The van der Waals surface area contributed by atoms with Crippen molar-refractivity contribution in [1.82, 2.24) is 0 Å². The average molecular weight is 154 g/mol. The molecule has 0 saturated heterocycles. The van der Waals surface area contributed by atoms with Gasteiger partial charge in [0.2, 0.25) is 11.5 Å². The summed E-state index contributed by atoms with van der Waals surface area (Å²) in [6.45, 7) is 0. The topological polar surface area (TPSA) is 41.5 Å². The Bertz CT molecular complexity index is 243. The molecular weight excluding hydrogens is 148 g/mol. The first-order valence-electron chi connectivity index (χ1n) is 2.73. The Morgan fingerprint density at radius 3 is 2.60 bits per heavy atom. The summed E-state index contributed by atoms with van der Waals surface area (Å²) in [5.41, 5.74) is 3.39. The van der Waals surface area contributed by atoms with Crippen LogP contribution in [0.4, 0.5) is 5.69 Å². The van der Waals surface area contributed by atoms with Gasteiger partial charge < -0.3 is 0 Å². The van der Waals surface area contributed by atoms with E-state index in [1.165, 1.54) is 0 Å². The van der Waals surface area contributed by atoms with E-state index in [0.29, 0.717) is 0 Å². The maximum Gasteiger partial charge on any atom is 0.223 e. The van der Waals surface area contributed by atoms with E-state index in [1.54, 1.807) is 0 Å². The van der Waals surface area contributed by atoms with E-state index >= 15 is 0 Å². The van der Waals surface area contributed by atoms with Gasteiger partial charge in [-0.3, -0.25) is 5.43 Å².